The van der Waals surface area contributed by atoms with Crippen molar-refractivity contribution >= 4 is 17.5 Å². The molecule has 2 rings (SSSR count). The van der Waals surface area contributed by atoms with E-state index in [1.807, 2.05) is 0 Å². The van der Waals surface area contributed by atoms with Gasteiger partial charge in [0.15, 0.2) is 23.3 Å². The van der Waals surface area contributed by atoms with Crippen LogP contribution < -0.4 is 16.4 Å². The molecule has 0 radical (unpaired) electrons. The molecule has 4 N–H and O–H groups in total. The number of primary amides is 1. The van der Waals surface area contributed by atoms with Crippen molar-refractivity contribution in [3.63, 3.8) is 0 Å². The molecule has 1 aliphatic rings. The summed E-state index contributed by atoms with van der Waals surface area (Å²) >= 11 is 0. The van der Waals surface area contributed by atoms with Gasteiger partial charge in [0, 0.05) is 25.1 Å². The standard InChI is InChI=1S/C11H14F2N4O/c12-7-5-8(13)11(16-9(7)14)17-3-1-6(2-4-17)10(15)18/h5-6H,1-4H2,(H2,14,16)(H2,15,18). The third-order valence-corrected chi connectivity index (χ3v) is 3.13. The van der Waals surface area contributed by atoms with Crippen molar-refractivity contribution in [2.75, 3.05) is 23.7 Å². The lowest BCUT2D eigenvalue weighted by atomic mass is 9.96. The lowest BCUT2D eigenvalue weighted by molar-refractivity contribution is -0.122. The number of carbonyl (C=O) groups is 1. The average Bonchev–Trinajstić information content (AvgIpc) is 2.34. The molecule has 0 atom stereocenters. The Kier molecular flexibility index (Phi) is 3.31. The number of anilines is 2. The second kappa shape index (κ2) is 4.75. The van der Waals surface area contributed by atoms with E-state index < -0.39 is 11.6 Å². The Hall–Kier alpha value is -1.92. The molecule has 98 valence electrons. The number of aromatic nitrogens is 1. The first-order valence-electron chi connectivity index (χ1n) is 5.65. The fourth-order valence-electron chi connectivity index (χ4n) is 2.07. The first-order chi connectivity index (χ1) is 8.49. The van der Waals surface area contributed by atoms with Crippen LogP contribution in [0.1, 0.15) is 12.8 Å². The molecule has 1 aromatic rings. The monoisotopic (exact) mass is 256 g/mol. The maximum atomic E-state index is 13.6. The number of hydrogen-bond donors (Lipinski definition) is 2. The summed E-state index contributed by atoms with van der Waals surface area (Å²) in [5.41, 5.74) is 10.5. The van der Waals surface area contributed by atoms with E-state index >= 15 is 0 Å². The van der Waals surface area contributed by atoms with Gasteiger partial charge in [0.2, 0.25) is 5.91 Å². The maximum absolute atomic E-state index is 13.6. The van der Waals surface area contributed by atoms with Crippen LogP contribution in [0.5, 0.6) is 0 Å². The fourth-order valence-corrected chi connectivity index (χ4v) is 2.07. The van der Waals surface area contributed by atoms with Gasteiger partial charge >= 0.3 is 0 Å². The lowest BCUT2D eigenvalue weighted by Crippen LogP contribution is -2.39. The van der Waals surface area contributed by atoms with E-state index in [2.05, 4.69) is 4.98 Å². The van der Waals surface area contributed by atoms with E-state index in [0.29, 0.717) is 25.9 Å². The molecular weight excluding hydrogens is 242 g/mol. The summed E-state index contributed by atoms with van der Waals surface area (Å²) in [6.07, 6.45) is 1.07. The normalized spacial score (nSPS) is 16.9. The third kappa shape index (κ3) is 2.34. The molecule has 0 aromatic carbocycles. The van der Waals surface area contributed by atoms with Crippen molar-refractivity contribution in [2.24, 2.45) is 11.7 Å². The largest absolute Gasteiger partial charge is 0.381 e. The zero-order valence-electron chi connectivity index (χ0n) is 9.70. The number of carbonyl (C=O) groups excluding carboxylic acids is 1. The van der Waals surface area contributed by atoms with E-state index in [9.17, 15) is 13.6 Å². The molecule has 1 aliphatic heterocycles. The third-order valence-electron chi connectivity index (χ3n) is 3.13. The highest BCUT2D eigenvalue weighted by Crippen LogP contribution is 2.25. The summed E-state index contributed by atoms with van der Waals surface area (Å²) in [4.78, 5) is 16.4. The van der Waals surface area contributed by atoms with E-state index in [-0.39, 0.29) is 23.5 Å². The van der Waals surface area contributed by atoms with Crippen LogP contribution in [0, 0.1) is 17.6 Å². The Balaban J connectivity index is 2.15. The zero-order chi connectivity index (χ0) is 13.3. The number of piperidine rings is 1. The number of nitrogens with two attached hydrogens (primary N) is 2. The number of pyridine rings is 1. The van der Waals surface area contributed by atoms with Crippen molar-refractivity contribution in [3.05, 3.63) is 17.7 Å². The van der Waals surface area contributed by atoms with Crippen LogP contribution >= 0.6 is 0 Å². The first kappa shape index (κ1) is 12.5. The molecule has 18 heavy (non-hydrogen) atoms. The van der Waals surface area contributed by atoms with Gasteiger partial charge in [-0.05, 0) is 12.8 Å². The summed E-state index contributed by atoms with van der Waals surface area (Å²) in [6.45, 7) is 0.894. The number of nitrogens with zero attached hydrogens (tertiary/aromatic N) is 2. The molecule has 2 heterocycles. The smallest absolute Gasteiger partial charge is 0.220 e. The second-order valence-corrected chi connectivity index (χ2v) is 4.32. The highest BCUT2D eigenvalue weighted by Gasteiger charge is 2.25. The van der Waals surface area contributed by atoms with E-state index in [0.717, 1.165) is 6.07 Å². The molecule has 1 aromatic heterocycles. The number of halogens is 2. The Morgan fingerprint density at radius 1 is 1.33 bits per heavy atom. The van der Waals surface area contributed by atoms with Crippen molar-refractivity contribution in [1.82, 2.24) is 4.98 Å². The predicted molar refractivity (Wildman–Crippen MR) is 62.7 cm³/mol. The van der Waals surface area contributed by atoms with E-state index in [4.69, 9.17) is 11.5 Å². The maximum Gasteiger partial charge on any atom is 0.220 e. The van der Waals surface area contributed by atoms with Gasteiger partial charge in [-0.25, -0.2) is 13.8 Å². The zero-order valence-corrected chi connectivity index (χ0v) is 9.70. The van der Waals surface area contributed by atoms with Gasteiger partial charge in [0.25, 0.3) is 0 Å². The van der Waals surface area contributed by atoms with Gasteiger partial charge < -0.3 is 16.4 Å². The molecule has 0 unspecified atom stereocenters. The van der Waals surface area contributed by atoms with Gasteiger partial charge in [-0.1, -0.05) is 0 Å². The minimum Gasteiger partial charge on any atom is -0.381 e. The van der Waals surface area contributed by atoms with Crippen molar-refractivity contribution in [3.8, 4) is 0 Å². The molecule has 1 amide bonds. The summed E-state index contributed by atoms with van der Waals surface area (Å²) in [5, 5.41) is 0. The summed E-state index contributed by atoms with van der Waals surface area (Å²) in [7, 11) is 0. The Morgan fingerprint density at radius 2 is 1.94 bits per heavy atom. The quantitative estimate of drug-likeness (QED) is 0.813. The topological polar surface area (TPSA) is 85.2 Å². The minimum atomic E-state index is -0.872. The first-order valence-corrected chi connectivity index (χ1v) is 5.65. The van der Waals surface area contributed by atoms with Crippen LogP contribution in [0.4, 0.5) is 20.4 Å². The fraction of sp³-hybridized carbons (Fsp3) is 0.455. The molecule has 0 saturated carbocycles. The molecule has 0 spiro atoms. The number of rotatable bonds is 2. The Labute approximate surface area is 103 Å². The molecule has 0 aliphatic carbocycles. The molecule has 1 fully saturated rings. The second-order valence-electron chi connectivity index (χ2n) is 4.32. The number of amides is 1. The van der Waals surface area contributed by atoms with Gasteiger partial charge in [-0.2, -0.15) is 0 Å². The van der Waals surface area contributed by atoms with Gasteiger partial charge in [-0.15, -0.1) is 0 Å². The van der Waals surface area contributed by atoms with Gasteiger partial charge in [-0.3, -0.25) is 4.79 Å². The number of nitrogen functional groups attached to an aromatic ring is 1. The van der Waals surface area contributed by atoms with Crippen LogP contribution in [0.15, 0.2) is 6.07 Å². The van der Waals surface area contributed by atoms with Crippen molar-refractivity contribution < 1.29 is 13.6 Å². The van der Waals surface area contributed by atoms with Crippen LogP contribution in [-0.2, 0) is 4.79 Å². The highest BCUT2D eigenvalue weighted by molar-refractivity contribution is 5.77. The number of hydrogen-bond acceptors (Lipinski definition) is 4. The van der Waals surface area contributed by atoms with Crippen LogP contribution in [0.2, 0.25) is 0 Å². The van der Waals surface area contributed by atoms with Gasteiger partial charge in [0.1, 0.15) is 0 Å². The predicted octanol–water partition coefficient (Wildman–Crippen LogP) is 0.644. The average molecular weight is 256 g/mol. The van der Waals surface area contributed by atoms with Crippen molar-refractivity contribution in [1.29, 1.82) is 0 Å². The summed E-state index contributed by atoms with van der Waals surface area (Å²) in [5.74, 6) is -2.47. The van der Waals surface area contributed by atoms with E-state index in [1.165, 1.54) is 0 Å². The van der Waals surface area contributed by atoms with Crippen LogP contribution in [0.25, 0.3) is 0 Å². The Morgan fingerprint density at radius 3 is 2.50 bits per heavy atom. The van der Waals surface area contributed by atoms with Gasteiger partial charge in [0.05, 0.1) is 0 Å². The highest BCUT2D eigenvalue weighted by atomic mass is 19.1. The summed E-state index contributed by atoms with van der Waals surface area (Å²) in [6, 6.07) is 0.720. The SMILES string of the molecule is NC(=O)C1CCN(c2nc(N)c(F)cc2F)CC1. The minimum absolute atomic E-state index is 0.0248. The molecular formula is C11H14F2N4O. The van der Waals surface area contributed by atoms with Crippen LogP contribution in [0.3, 0.4) is 0 Å². The lowest BCUT2D eigenvalue weighted by Gasteiger charge is -2.31. The molecule has 0 bridgehead atoms. The molecule has 1 saturated heterocycles. The van der Waals surface area contributed by atoms with E-state index in [1.54, 1.807) is 4.90 Å². The molecule has 7 heteroatoms. The van der Waals surface area contributed by atoms with Crippen LogP contribution in [-0.4, -0.2) is 24.0 Å². The van der Waals surface area contributed by atoms with Crippen molar-refractivity contribution in [2.45, 2.75) is 12.8 Å². The summed E-state index contributed by atoms with van der Waals surface area (Å²) < 4.78 is 26.6. The molecule has 5 nitrogen and oxygen atoms in total. The Bertz CT molecular complexity index is 472.